The monoisotopic (exact) mass is 311 g/mol. The zero-order chi connectivity index (χ0) is 13.3. The number of piperidine rings is 1. The number of anilines is 2. The van der Waals surface area contributed by atoms with Crippen LogP contribution >= 0.6 is 15.9 Å². The molecule has 3 N–H and O–H groups in total. The van der Waals surface area contributed by atoms with Gasteiger partial charge in [-0.25, -0.2) is 0 Å². The van der Waals surface area contributed by atoms with Crippen LogP contribution in [0.4, 0.5) is 11.4 Å². The number of benzene rings is 1. The van der Waals surface area contributed by atoms with E-state index in [2.05, 4.69) is 21.2 Å². The molecule has 2 rings (SSSR count). The predicted molar refractivity (Wildman–Crippen MR) is 73.0 cm³/mol. The van der Waals surface area contributed by atoms with Crippen LogP contribution in [-0.4, -0.2) is 29.8 Å². The van der Waals surface area contributed by atoms with Crippen LogP contribution in [0, 0.1) is 0 Å². The molecule has 18 heavy (non-hydrogen) atoms. The molecule has 1 saturated heterocycles. The van der Waals surface area contributed by atoms with Crippen molar-refractivity contribution in [2.45, 2.75) is 18.9 Å². The second-order valence-corrected chi connectivity index (χ2v) is 5.12. The zero-order valence-corrected chi connectivity index (χ0v) is 11.5. The van der Waals surface area contributed by atoms with Crippen molar-refractivity contribution in [3.05, 3.63) is 22.7 Å². The Kier molecular flexibility index (Phi) is 3.56. The Labute approximate surface area is 113 Å². The zero-order valence-electron chi connectivity index (χ0n) is 9.94. The van der Waals surface area contributed by atoms with E-state index in [0.717, 1.165) is 10.2 Å². The molecule has 1 atom stereocenters. The molecular weight excluding hydrogens is 298 g/mol. The van der Waals surface area contributed by atoms with E-state index >= 15 is 0 Å². The van der Waals surface area contributed by atoms with Gasteiger partial charge in [0.2, 0.25) is 5.91 Å². The first kappa shape index (κ1) is 12.9. The van der Waals surface area contributed by atoms with E-state index in [4.69, 9.17) is 5.73 Å². The highest BCUT2D eigenvalue weighted by Crippen LogP contribution is 2.27. The third-order valence-electron chi connectivity index (χ3n) is 2.97. The SMILES string of the molecule is CN1C(=O)CCC(Nc2ccc(N)cc2Br)C1=O. The predicted octanol–water partition coefficient (Wildman–Crippen LogP) is 1.59. The summed E-state index contributed by atoms with van der Waals surface area (Å²) in [6, 6.07) is 4.97. The maximum atomic E-state index is 11.9. The van der Waals surface area contributed by atoms with Gasteiger partial charge in [-0.3, -0.25) is 14.5 Å². The van der Waals surface area contributed by atoms with E-state index in [0.29, 0.717) is 18.5 Å². The van der Waals surface area contributed by atoms with Crippen molar-refractivity contribution in [1.29, 1.82) is 0 Å². The summed E-state index contributed by atoms with van der Waals surface area (Å²) in [6.45, 7) is 0. The summed E-state index contributed by atoms with van der Waals surface area (Å²) in [7, 11) is 1.51. The third-order valence-corrected chi connectivity index (χ3v) is 3.63. The summed E-state index contributed by atoms with van der Waals surface area (Å²) in [5, 5.41) is 3.13. The van der Waals surface area contributed by atoms with Crippen LogP contribution < -0.4 is 11.1 Å². The van der Waals surface area contributed by atoms with Crippen LogP contribution in [0.25, 0.3) is 0 Å². The molecule has 1 fully saturated rings. The second-order valence-electron chi connectivity index (χ2n) is 4.27. The molecule has 0 saturated carbocycles. The molecule has 1 aliphatic heterocycles. The number of hydrogen-bond acceptors (Lipinski definition) is 4. The van der Waals surface area contributed by atoms with Gasteiger partial charge in [0.1, 0.15) is 6.04 Å². The number of nitrogen functional groups attached to an aromatic ring is 1. The Morgan fingerprint density at radius 3 is 2.83 bits per heavy atom. The molecule has 0 bridgehead atoms. The number of likely N-dealkylation sites (tertiary alicyclic amines) is 1. The number of carbonyl (C=O) groups excluding carboxylic acids is 2. The van der Waals surface area contributed by atoms with E-state index in [1.807, 2.05) is 6.07 Å². The highest BCUT2D eigenvalue weighted by atomic mass is 79.9. The molecule has 0 aromatic heterocycles. The molecule has 0 radical (unpaired) electrons. The molecule has 1 heterocycles. The molecule has 2 amide bonds. The first-order chi connectivity index (χ1) is 8.49. The van der Waals surface area contributed by atoms with Crippen molar-refractivity contribution in [2.75, 3.05) is 18.1 Å². The molecule has 5 nitrogen and oxygen atoms in total. The number of likely N-dealkylation sites (N-methyl/N-ethyl adjacent to an activating group) is 1. The fourth-order valence-corrected chi connectivity index (χ4v) is 2.40. The van der Waals surface area contributed by atoms with Crippen LogP contribution in [0.2, 0.25) is 0 Å². The van der Waals surface area contributed by atoms with Gasteiger partial charge in [-0.1, -0.05) is 0 Å². The number of nitrogens with one attached hydrogen (secondary N) is 1. The molecular formula is C12H14BrN3O2. The number of nitrogens with two attached hydrogens (primary N) is 1. The van der Waals surface area contributed by atoms with Crippen LogP contribution in [0.3, 0.4) is 0 Å². The van der Waals surface area contributed by atoms with Gasteiger partial charge in [0.05, 0.1) is 0 Å². The maximum absolute atomic E-state index is 11.9. The van der Waals surface area contributed by atoms with Crippen molar-refractivity contribution in [3.8, 4) is 0 Å². The number of halogens is 1. The lowest BCUT2D eigenvalue weighted by Crippen LogP contribution is -2.48. The average Bonchev–Trinajstić information content (AvgIpc) is 2.33. The molecule has 1 unspecified atom stereocenters. The second kappa shape index (κ2) is 4.97. The highest BCUT2D eigenvalue weighted by Gasteiger charge is 2.31. The summed E-state index contributed by atoms with van der Waals surface area (Å²) in [5.74, 6) is -0.329. The van der Waals surface area contributed by atoms with Crippen LogP contribution in [0.1, 0.15) is 12.8 Å². The van der Waals surface area contributed by atoms with Gasteiger partial charge < -0.3 is 11.1 Å². The Morgan fingerprint density at radius 1 is 1.44 bits per heavy atom. The number of hydrogen-bond donors (Lipinski definition) is 2. The number of rotatable bonds is 2. The van der Waals surface area contributed by atoms with E-state index in [9.17, 15) is 9.59 Å². The third kappa shape index (κ3) is 2.48. The van der Waals surface area contributed by atoms with Gasteiger partial charge >= 0.3 is 0 Å². The Morgan fingerprint density at radius 2 is 2.17 bits per heavy atom. The van der Waals surface area contributed by atoms with Crippen molar-refractivity contribution >= 4 is 39.1 Å². The Balaban J connectivity index is 2.14. The average molecular weight is 312 g/mol. The first-order valence-electron chi connectivity index (χ1n) is 5.61. The minimum Gasteiger partial charge on any atom is -0.399 e. The minimum atomic E-state index is -0.368. The lowest BCUT2D eigenvalue weighted by atomic mass is 10.0. The van der Waals surface area contributed by atoms with E-state index in [1.165, 1.54) is 11.9 Å². The first-order valence-corrected chi connectivity index (χ1v) is 6.40. The molecule has 1 aromatic rings. The van der Waals surface area contributed by atoms with E-state index in [1.54, 1.807) is 12.1 Å². The van der Waals surface area contributed by atoms with E-state index in [-0.39, 0.29) is 17.9 Å². The largest absolute Gasteiger partial charge is 0.399 e. The smallest absolute Gasteiger partial charge is 0.251 e. The summed E-state index contributed by atoms with van der Waals surface area (Å²) in [6.07, 6.45) is 0.894. The van der Waals surface area contributed by atoms with E-state index < -0.39 is 0 Å². The van der Waals surface area contributed by atoms with Crippen molar-refractivity contribution in [1.82, 2.24) is 4.90 Å². The maximum Gasteiger partial charge on any atom is 0.251 e. The van der Waals surface area contributed by atoms with Crippen LogP contribution in [0.5, 0.6) is 0 Å². The van der Waals surface area contributed by atoms with Crippen LogP contribution in [0.15, 0.2) is 22.7 Å². The van der Waals surface area contributed by atoms with Crippen LogP contribution in [-0.2, 0) is 9.59 Å². The van der Waals surface area contributed by atoms with Gasteiger partial charge in [-0.2, -0.15) is 0 Å². The van der Waals surface area contributed by atoms with Gasteiger partial charge in [-0.05, 0) is 40.5 Å². The van der Waals surface area contributed by atoms with Gasteiger partial charge in [0.25, 0.3) is 5.91 Å². The normalized spacial score (nSPS) is 20.1. The van der Waals surface area contributed by atoms with Crippen molar-refractivity contribution in [3.63, 3.8) is 0 Å². The number of carbonyl (C=O) groups is 2. The van der Waals surface area contributed by atoms with Gasteiger partial charge in [-0.15, -0.1) is 0 Å². The lowest BCUT2D eigenvalue weighted by molar-refractivity contribution is -0.146. The molecule has 1 aliphatic rings. The molecule has 96 valence electrons. The summed E-state index contributed by atoms with van der Waals surface area (Å²) in [5.41, 5.74) is 7.10. The molecule has 1 aromatic carbocycles. The Bertz CT molecular complexity index is 504. The molecule has 6 heteroatoms. The standard InChI is InChI=1S/C12H14BrN3O2/c1-16-11(17)5-4-10(12(16)18)15-9-3-2-7(14)6-8(9)13/h2-3,6,10,15H,4-5,14H2,1H3. The van der Waals surface area contributed by atoms with Crippen molar-refractivity contribution < 1.29 is 9.59 Å². The fourth-order valence-electron chi connectivity index (χ4n) is 1.89. The van der Waals surface area contributed by atoms with Gasteiger partial charge in [0.15, 0.2) is 0 Å². The summed E-state index contributed by atoms with van der Waals surface area (Å²) < 4.78 is 0.801. The molecule has 0 aliphatic carbocycles. The highest BCUT2D eigenvalue weighted by molar-refractivity contribution is 9.10. The summed E-state index contributed by atoms with van der Waals surface area (Å²) in [4.78, 5) is 24.5. The quantitative estimate of drug-likeness (QED) is 0.642. The number of amides is 2. The number of imide groups is 1. The summed E-state index contributed by atoms with van der Waals surface area (Å²) >= 11 is 3.39. The van der Waals surface area contributed by atoms with Gasteiger partial charge in [0, 0.05) is 29.3 Å². The topological polar surface area (TPSA) is 75.4 Å². The van der Waals surface area contributed by atoms with Crippen molar-refractivity contribution in [2.24, 2.45) is 0 Å². The molecule has 0 spiro atoms. The minimum absolute atomic E-state index is 0.130. The fraction of sp³-hybridized carbons (Fsp3) is 0.333. The number of nitrogens with zero attached hydrogens (tertiary/aromatic N) is 1. The lowest BCUT2D eigenvalue weighted by Gasteiger charge is -2.29. The Hall–Kier alpha value is -1.56.